The Bertz CT molecular complexity index is 898. The van der Waals surface area contributed by atoms with Gasteiger partial charge in [-0.25, -0.2) is 4.79 Å². The highest BCUT2D eigenvalue weighted by Crippen LogP contribution is 2.46. The minimum Gasteiger partial charge on any atom is -0.494 e. The number of ether oxygens (including phenoxy) is 2. The molecule has 27 heavy (non-hydrogen) atoms. The Morgan fingerprint density at radius 2 is 1.44 bits per heavy atom. The van der Waals surface area contributed by atoms with Crippen molar-refractivity contribution >= 4 is 5.97 Å². The first-order valence-electron chi connectivity index (χ1n) is 9.27. The van der Waals surface area contributed by atoms with Crippen LogP contribution in [0.2, 0.25) is 0 Å². The zero-order valence-corrected chi connectivity index (χ0v) is 15.4. The van der Waals surface area contributed by atoms with Gasteiger partial charge < -0.3 is 9.47 Å². The monoisotopic (exact) mass is 358 g/mol. The summed E-state index contributed by atoms with van der Waals surface area (Å²) in [7, 11) is 1.38. The Hall–Kier alpha value is -3.07. The molecule has 3 nitrogen and oxygen atoms in total. The van der Waals surface area contributed by atoms with Crippen molar-refractivity contribution in [3.05, 3.63) is 89.5 Å². The lowest BCUT2D eigenvalue weighted by Crippen LogP contribution is -2.03. The third-order valence-electron chi connectivity index (χ3n) is 5.14. The van der Waals surface area contributed by atoms with E-state index in [9.17, 15) is 4.79 Å². The fourth-order valence-electron chi connectivity index (χ4n) is 3.85. The third kappa shape index (κ3) is 3.45. The van der Waals surface area contributed by atoms with Gasteiger partial charge in [0, 0.05) is 5.92 Å². The van der Waals surface area contributed by atoms with E-state index < -0.39 is 0 Å². The molecule has 3 heteroatoms. The van der Waals surface area contributed by atoms with Crippen LogP contribution in [0.15, 0.2) is 72.8 Å². The Labute approximate surface area is 159 Å². The topological polar surface area (TPSA) is 35.5 Å². The molecule has 0 N–H and O–H groups in total. The average Bonchev–Trinajstić information content (AvgIpc) is 3.05. The molecule has 0 unspecified atom stereocenters. The maximum Gasteiger partial charge on any atom is 0.337 e. The Morgan fingerprint density at radius 3 is 2.04 bits per heavy atom. The lowest BCUT2D eigenvalue weighted by Gasteiger charge is -2.14. The molecule has 1 aliphatic rings. The molecule has 0 atom stereocenters. The molecule has 0 amide bonds. The minimum absolute atomic E-state index is 0.333. The maximum atomic E-state index is 11.5. The van der Waals surface area contributed by atoms with E-state index in [-0.39, 0.29) is 5.97 Å². The van der Waals surface area contributed by atoms with Crippen molar-refractivity contribution in [2.75, 3.05) is 13.7 Å². The van der Waals surface area contributed by atoms with Crippen LogP contribution in [-0.2, 0) is 4.74 Å². The molecule has 0 bridgehead atoms. The first kappa shape index (κ1) is 17.3. The number of benzene rings is 3. The first-order chi connectivity index (χ1) is 13.3. The van der Waals surface area contributed by atoms with Crippen LogP contribution in [-0.4, -0.2) is 19.7 Å². The predicted octanol–water partition coefficient (Wildman–Crippen LogP) is 5.44. The highest BCUT2D eigenvalue weighted by Gasteiger charge is 2.27. The van der Waals surface area contributed by atoms with Crippen molar-refractivity contribution in [3.8, 4) is 16.9 Å². The molecule has 0 saturated heterocycles. The number of esters is 1. The molecule has 4 rings (SSSR count). The van der Waals surface area contributed by atoms with E-state index in [0.717, 1.165) is 18.6 Å². The molecule has 0 heterocycles. The van der Waals surface area contributed by atoms with Gasteiger partial charge in [-0.15, -0.1) is 0 Å². The minimum atomic E-state index is -0.333. The third-order valence-corrected chi connectivity index (χ3v) is 5.14. The van der Waals surface area contributed by atoms with Crippen LogP contribution < -0.4 is 4.74 Å². The lowest BCUT2D eigenvalue weighted by molar-refractivity contribution is 0.0600. The average molecular weight is 358 g/mol. The van der Waals surface area contributed by atoms with Gasteiger partial charge in [0.15, 0.2) is 0 Å². The highest BCUT2D eigenvalue weighted by molar-refractivity contribution is 5.89. The van der Waals surface area contributed by atoms with Crippen LogP contribution in [0.1, 0.15) is 40.2 Å². The van der Waals surface area contributed by atoms with Gasteiger partial charge in [-0.2, -0.15) is 0 Å². The molecule has 136 valence electrons. The number of carbonyl (C=O) groups is 1. The lowest BCUT2D eigenvalue weighted by atomic mass is 9.92. The van der Waals surface area contributed by atoms with Crippen LogP contribution in [0.5, 0.6) is 5.75 Å². The molecular weight excluding hydrogens is 336 g/mol. The summed E-state index contributed by atoms with van der Waals surface area (Å²) in [4.78, 5) is 11.5. The molecule has 1 aliphatic carbocycles. The van der Waals surface area contributed by atoms with Gasteiger partial charge in [-0.3, -0.25) is 0 Å². The van der Waals surface area contributed by atoms with Crippen molar-refractivity contribution in [1.29, 1.82) is 0 Å². The molecule has 0 aliphatic heterocycles. The molecule has 3 aromatic rings. The van der Waals surface area contributed by atoms with Gasteiger partial charge in [-0.1, -0.05) is 48.5 Å². The number of carbonyl (C=O) groups excluding carboxylic acids is 1. The van der Waals surface area contributed by atoms with Crippen molar-refractivity contribution in [1.82, 2.24) is 0 Å². The summed E-state index contributed by atoms with van der Waals surface area (Å²) in [6.45, 7) is 0.651. The van der Waals surface area contributed by atoms with Crippen LogP contribution in [0.4, 0.5) is 0 Å². The number of rotatable bonds is 6. The Kier molecular flexibility index (Phi) is 4.93. The van der Waals surface area contributed by atoms with Crippen molar-refractivity contribution in [2.45, 2.75) is 18.8 Å². The summed E-state index contributed by atoms with van der Waals surface area (Å²) >= 11 is 0. The van der Waals surface area contributed by atoms with Crippen LogP contribution >= 0.6 is 0 Å². The Morgan fingerprint density at radius 1 is 0.852 bits per heavy atom. The van der Waals surface area contributed by atoms with E-state index in [1.54, 1.807) is 12.1 Å². The zero-order chi connectivity index (χ0) is 18.6. The fourth-order valence-corrected chi connectivity index (χ4v) is 3.85. The van der Waals surface area contributed by atoms with Crippen LogP contribution in [0.25, 0.3) is 11.1 Å². The number of fused-ring (bicyclic) bond motifs is 3. The zero-order valence-electron chi connectivity index (χ0n) is 15.4. The van der Waals surface area contributed by atoms with E-state index >= 15 is 0 Å². The molecule has 0 saturated carbocycles. The quantitative estimate of drug-likeness (QED) is 0.434. The van der Waals surface area contributed by atoms with Gasteiger partial charge in [0.25, 0.3) is 0 Å². The largest absolute Gasteiger partial charge is 0.494 e. The fraction of sp³-hybridized carbons (Fsp3) is 0.208. The molecule has 0 spiro atoms. The summed E-state index contributed by atoms with van der Waals surface area (Å²) in [5, 5.41) is 0. The molecule has 3 aromatic carbocycles. The van der Waals surface area contributed by atoms with E-state index in [1.165, 1.54) is 29.4 Å². The standard InChI is InChI=1S/C24H22O3/c1-26-24(25)17-12-14-18(15-13-17)27-16-6-11-23-21-9-4-2-7-19(21)20-8-3-5-10-22(20)23/h2-5,7-10,12-15,23H,6,11,16H2,1H3. The van der Waals surface area contributed by atoms with E-state index in [4.69, 9.17) is 9.47 Å². The molecule has 0 aromatic heterocycles. The van der Waals surface area contributed by atoms with Gasteiger partial charge >= 0.3 is 5.97 Å². The first-order valence-corrected chi connectivity index (χ1v) is 9.27. The smallest absolute Gasteiger partial charge is 0.337 e. The second kappa shape index (κ2) is 7.67. The van der Waals surface area contributed by atoms with Crippen molar-refractivity contribution in [2.24, 2.45) is 0 Å². The van der Waals surface area contributed by atoms with Gasteiger partial charge in [0.05, 0.1) is 19.3 Å². The summed E-state index contributed by atoms with van der Waals surface area (Å²) in [6, 6.07) is 24.5. The van der Waals surface area contributed by atoms with E-state index in [2.05, 4.69) is 48.5 Å². The summed E-state index contributed by atoms with van der Waals surface area (Å²) in [5.74, 6) is 0.873. The normalized spacial score (nSPS) is 12.3. The van der Waals surface area contributed by atoms with E-state index in [1.807, 2.05) is 12.1 Å². The number of hydrogen-bond donors (Lipinski definition) is 0. The van der Waals surface area contributed by atoms with Crippen molar-refractivity contribution < 1.29 is 14.3 Å². The van der Waals surface area contributed by atoms with Gasteiger partial charge in [-0.05, 0) is 59.4 Å². The van der Waals surface area contributed by atoms with Gasteiger partial charge in [0.1, 0.15) is 5.75 Å². The summed E-state index contributed by atoms with van der Waals surface area (Å²) < 4.78 is 10.6. The number of hydrogen-bond acceptors (Lipinski definition) is 3. The van der Waals surface area contributed by atoms with E-state index in [0.29, 0.717) is 18.1 Å². The highest BCUT2D eigenvalue weighted by atomic mass is 16.5. The van der Waals surface area contributed by atoms with Crippen molar-refractivity contribution in [3.63, 3.8) is 0 Å². The van der Waals surface area contributed by atoms with Crippen LogP contribution in [0.3, 0.4) is 0 Å². The molecule has 0 radical (unpaired) electrons. The predicted molar refractivity (Wildman–Crippen MR) is 106 cm³/mol. The molecule has 0 fully saturated rings. The van der Waals surface area contributed by atoms with Crippen LogP contribution in [0, 0.1) is 0 Å². The second-order valence-corrected chi connectivity index (χ2v) is 6.73. The Balaban J connectivity index is 1.38. The van der Waals surface area contributed by atoms with Gasteiger partial charge in [0.2, 0.25) is 0 Å². The SMILES string of the molecule is COC(=O)c1ccc(OCCCC2c3ccccc3-c3ccccc32)cc1. The maximum absolute atomic E-state index is 11.5. The number of methoxy groups -OCH3 is 1. The molecular formula is C24H22O3. The summed E-state index contributed by atoms with van der Waals surface area (Å²) in [5.41, 5.74) is 6.08. The second-order valence-electron chi connectivity index (χ2n) is 6.73. The summed E-state index contributed by atoms with van der Waals surface area (Å²) in [6.07, 6.45) is 2.01.